The first-order chi connectivity index (χ1) is 11.2. The largest absolute Gasteiger partial charge is 0.457 e. The predicted octanol–water partition coefficient (Wildman–Crippen LogP) is 4.22. The summed E-state index contributed by atoms with van der Waals surface area (Å²) in [4.78, 5) is 4.10. The molecular formula is C18H17NO3S. The highest BCUT2D eigenvalue weighted by molar-refractivity contribution is 7.83. The van der Waals surface area contributed by atoms with Gasteiger partial charge in [-0.25, -0.2) is 4.98 Å². The molecule has 0 spiro atoms. The Labute approximate surface area is 137 Å². The Morgan fingerprint density at radius 3 is 2.52 bits per heavy atom. The molecule has 2 aromatic carbocycles. The van der Waals surface area contributed by atoms with Crippen molar-refractivity contribution in [2.24, 2.45) is 0 Å². The van der Waals surface area contributed by atoms with Gasteiger partial charge in [-0.2, -0.15) is 0 Å². The minimum absolute atomic E-state index is 0.299. The maximum Gasteiger partial charge on any atom is 0.206 e. The van der Waals surface area contributed by atoms with E-state index in [1.54, 1.807) is 6.20 Å². The van der Waals surface area contributed by atoms with Gasteiger partial charge < -0.3 is 9.15 Å². The number of para-hydroxylation sites is 2. The summed E-state index contributed by atoms with van der Waals surface area (Å²) in [6, 6.07) is 17.2. The zero-order chi connectivity index (χ0) is 16.1. The molecule has 0 bridgehead atoms. The fourth-order valence-corrected chi connectivity index (χ4v) is 3.26. The molecule has 1 heterocycles. The quantitative estimate of drug-likeness (QED) is 0.680. The third kappa shape index (κ3) is 4.29. The van der Waals surface area contributed by atoms with Gasteiger partial charge >= 0.3 is 0 Å². The number of hydrogen-bond donors (Lipinski definition) is 0. The molecule has 118 valence electrons. The Bertz CT molecular complexity index is 799. The van der Waals surface area contributed by atoms with Crippen LogP contribution in [0.5, 0.6) is 11.5 Å². The number of ether oxygens (including phenoxy) is 1. The first kappa shape index (κ1) is 15.5. The second-order valence-corrected chi connectivity index (χ2v) is 6.57. The molecule has 0 N–H and O–H groups in total. The van der Waals surface area contributed by atoms with E-state index in [-0.39, 0.29) is 0 Å². The fourth-order valence-electron chi connectivity index (χ4n) is 2.17. The van der Waals surface area contributed by atoms with E-state index in [4.69, 9.17) is 9.15 Å². The predicted molar refractivity (Wildman–Crippen MR) is 89.7 cm³/mol. The van der Waals surface area contributed by atoms with Crippen molar-refractivity contribution >= 4 is 10.8 Å². The summed E-state index contributed by atoms with van der Waals surface area (Å²) in [5.74, 6) is 3.40. The van der Waals surface area contributed by atoms with Gasteiger partial charge in [0.05, 0.1) is 11.9 Å². The third-order valence-electron chi connectivity index (χ3n) is 3.21. The second-order valence-electron chi connectivity index (χ2n) is 5.12. The number of aromatic nitrogens is 1. The summed E-state index contributed by atoms with van der Waals surface area (Å²) < 4.78 is 23.6. The number of benzene rings is 2. The second kappa shape index (κ2) is 7.24. The Morgan fingerprint density at radius 1 is 1.04 bits per heavy atom. The van der Waals surface area contributed by atoms with E-state index in [0.717, 1.165) is 22.8 Å². The van der Waals surface area contributed by atoms with Crippen LogP contribution in [-0.4, -0.2) is 9.19 Å². The van der Waals surface area contributed by atoms with Crippen molar-refractivity contribution in [2.75, 3.05) is 0 Å². The molecule has 3 rings (SSSR count). The lowest BCUT2D eigenvalue weighted by Gasteiger charge is -2.10. The fraction of sp³-hybridized carbons (Fsp3) is 0.167. The zero-order valence-electron chi connectivity index (χ0n) is 12.8. The van der Waals surface area contributed by atoms with E-state index in [2.05, 4.69) is 4.98 Å². The van der Waals surface area contributed by atoms with Gasteiger partial charge in [0.1, 0.15) is 23.0 Å². The van der Waals surface area contributed by atoms with Crippen molar-refractivity contribution in [3.8, 4) is 11.5 Å². The number of nitrogens with zero attached hydrogens (tertiary/aromatic N) is 1. The lowest BCUT2D eigenvalue weighted by Crippen LogP contribution is -2.01. The van der Waals surface area contributed by atoms with Crippen LogP contribution >= 0.6 is 0 Å². The highest BCUT2D eigenvalue weighted by atomic mass is 32.2. The van der Waals surface area contributed by atoms with Crippen LogP contribution in [0.3, 0.4) is 0 Å². The molecule has 0 unspecified atom stereocenters. The summed E-state index contributed by atoms with van der Waals surface area (Å²) in [7, 11) is -1.11. The van der Waals surface area contributed by atoms with Gasteiger partial charge in [0, 0.05) is 16.4 Å². The normalized spacial score (nSPS) is 12.0. The lowest BCUT2D eigenvalue weighted by atomic mass is 10.2. The molecule has 0 radical (unpaired) electrons. The van der Waals surface area contributed by atoms with E-state index in [0.29, 0.717) is 17.4 Å². The highest BCUT2D eigenvalue weighted by Crippen LogP contribution is 2.26. The van der Waals surface area contributed by atoms with E-state index in [1.807, 2.05) is 61.5 Å². The van der Waals surface area contributed by atoms with Crippen LogP contribution in [-0.2, 0) is 22.3 Å². The van der Waals surface area contributed by atoms with Crippen molar-refractivity contribution < 1.29 is 13.4 Å². The van der Waals surface area contributed by atoms with Gasteiger partial charge in [-0.3, -0.25) is 4.21 Å². The summed E-state index contributed by atoms with van der Waals surface area (Å²) in [6.07, 6.45) is 1.64. The summed E-state index contributed by atoms with van der Waals surface area (Å²) >= 11 is 0. The topological polar surface area (TPSA) is 52.3 Å². The van der Waals surface area contributed by atoms with Crippen LogP contribution in [0.15, 0.2) is 65.2 Å². The van der Waals surface area contributed by atoms with Crippen LogP contribution in [0.4, 0.5) is 0 Å². The van der Waals surface area contributed by atoms with Gasteiger partial charge in [-0.15, -0.1) is 0 Å². The molecule has 1 atom stereocenters. The molecule has 0 saturated carbocycles. The SMILES string of the molecule is Cc1cnc(C[S@@](=O)Cc2ccccc2Oc2ccccc2)o1. The molecule has 0 amide bonds. The van der Waals surface area contributed by atoms with E-state index in [1.165, 1.54) is 0 Å². The minimum Gasteiger partial charge on any atom is -0.457 e. The third-order valence-corrected chi connectivity index (χ3v) is 4.42. The van der Waals surface area contributed by atoms with E-state index < -0.39 is 10.8 Å². The minimum atomic E-state index is -1.11. The number of rotatable bonds is 6. The van der Waals surface area contributed by atoms with Gasteiger partial charge in [0.2, 0.25) is 5.89 Å². The molecule has 0 aliphatic carbocycles. The average molecular weight is 327 g/mol. The summed E-state index contributed by atoms with van der Waals surface area (Å²) in [6.45, 7) is 1.82. The molecule has 23 heavy (non-hydrogen) atoms. The standard InChI is InChI=1S/C18H17NO3S/c1-14-11-19-18(21-14)13-23(20)12-15-7-5-6-10-17(15)22-16-8-3-2-4-9-16/h2-11H,12-13H2,1H3/t23-/m0/s1. The maximum absolute atomic E-state index is 12.4. The molecule has 1 aromatic heterocycles. The van der Waals surface area contributed by atoms with Crippen LogP contribution in [0.25, 0.3) is 0 Å². The lowest BCUT2D eigenvalue weighted by molar-refractivity contribution is 0.477. The monoisotopic (exact) mass is 327 g/mol. The smallest absolute Gasteiger partial charge is 0.206 e. The Balaban J connectivity index is 1.71. The molecule has 4 nitrogen and oxygen atoms in total. The van der Waals surface area contributed by atoms with E-state index >= 15 is 0 Å². The molecule has 5 heteroatoms. The maximum atomic E-state index is 12.4. The van der Waals surface area contributed by atoms with Crippen LogP contribution in [0, 0.1) is 6.92 Å². The van der Waals surface area contributed by atoms with E-state index in [9.17, 15) is 4.21 Å². The van der Waals surface area contributed by atoms with Crippen molar-refractivity contribution in [3.63, 3.8) is 0 Å². The van der Waals surface area contributed by atoms with Crippen LogP contribution in [0.1, 0.15) is 17.2 Å². The number of oxazole rings is 1. The van der Waals surface area contributed by atoms with Crippen LogP contribution < -0.4 is 4.74 Å². The Hall–Kier alpha value is -2.40. The van der Waals surface area contributed by atoms with Crippen molar-refractivity contribution in [3.05, 3.63) is 78.0 Å². The van der Waals surface area contributed by atoms with Crippen molar-refractivity contribution in [1.82, 2.24) is 4.98 Å². The molecule has 3 aromatic rings. The van der Waals surface area contributed by atoms with Gasteiger partial charge in [-0.05, 0) is 25.1 Å². The first-order valence-electron chi connectivity index (χ1n) is 7.28. The number of hydrogen-bond acceptors (Lipinski definition) is 4. The summed E-state index contributed by atoms with van der Waals surface area (Å²) in [5, 5.41) is 0. The van der Waals surface area contributed by atoms with Gasteiger partial charge in [-0.1, -0.05) is 36.4 Å². The van der Waals surface area contributed by atoms with Crippen molar-refractivity contribution in [2.45, 2.75) is 18.4 Å². The van der Waals surface area contributed by atoms with Gasteiger partial charge in [0.15, 0.2) is 0 Å². The highest BCUT2D eigenvalue weighted by Gasteiger charge is 2.11. The van der Waals surface area contributed by atoms with Gasteiger partial charge in [0.25, 0.3) is 0 Å². The average Bonchev–Trinajstić information content (AvgIpc) is 2.95. The molecule has 0 saturated heterocycles. The Morgan fingerprint density at radius 2 is 1.78 bits per heavy atom. The summed E-state index contributed by atoms with van der Waals surface area (Å²) in [5.41, 5.74) is 0.901. The zero-order valence-corrected chi connectivity index (χ0v) is 13.6. The number of aryl methyl sites for hydroxylation is 1. The van der Waals surface area contributed by atoms with Crippen molar-refractivity contribution in [1.29, 1.82) is 0 Å². The molecular weight excluding hydrogens is 310 g/mol. The molecule has 0 fully saturated rings. The molecule has 0 aliphatic rings. The van der Waals surface area contributed by atoms with Crippen LogP contribution in [0.2, 0.25) is 0 Å². The molecule has 0 aliphatic heterocycles. The first-order valence-corrected chi connectivity index (χ1v) is 8.76. The Kier molecular flexibility index (Phi) is 4.88.